The van der Waals surface area contributed by atoms with E-state index in [-0.39, 0.29) is 23.0 Å². The molecule has 0 fully saturated rings. The zero-order valence-electron chi connectivity index (χ0n) is 14.0. The number of aryl methyl sites for hydroxylation is 2. The molecule has 0 aliphatic carbocycles. The van der Waals surface area contributed by atoms with Crippen molar-refractivity contribution in [1.82, 2.24) is 0 Å². The summed E-state index contributed by atoms with van der Waals surface area (Å²) in [5.41, 5.74) is 1.47. The highest BCUT2D eigenvalue weighted by molar-refractivity contribution is 5.54. The van der Waals surface area contributed by atoms with Gasteiger partial charge in [0.1, 0.15) is 5.75 Å². The molecule has 0 saturated carbocycles. The van der Waals surface area contributed by atoms with Gasteiger partial charge in [0.05, 0.1) is 21.3 Å². The van der Waals surface area contributed by atoms with Crippen molar-refractivity contribution >= 4 is 0 Å². The van der Waals surface area contributed by atoms with E-state index in [0.29, 0.717) is 36.3 Å². The molecule has 0 spiro atoms. The number of benzene rings is 2. The molecule has 6 nitrogen and oxygen atoms in total. The monoisotopic (exact) mass is 334 g/mol. The van der Waals surface area contributed by atoms with E-state index >= 15 is 0 Å². The maximum Gasteiger partial charge on any atom is 0.200 e. The Labute approximate surface area is 140 Å². The Hall–Kier alpha value is -2.76. The average molecular weight is 334 g/mol. The van der Waals surface area contributed by atoms with Crippen LogP contribution in [0.5, 0.6) is 34.5 Å². The molecule has 6 heteroatoms. The van der Waals surface area contributed by atoms with Gasteiger partial charge in [0, 0.05) is 6.07 Å². The SMILES string of the molecule is COc1cc(OC)c(CCCc2ccc(OC)c(O)c2O)cc1O. The zero-order valence-corrected chi connectivity index (χ0v) is 14.0. The fraction of sp³-hybridized carbons (Fsp3) is 0.333. The van der Waals surface area contributed by atoms with E-state index in [2.05, 4.69) is 0 Å². The normalized spacial score (nSPS) is 10.5. The van der Waals surface area contributed by atoms with Gasteiger partial charge in [-0.15, -0.1) is 0 Å². The van der Waals surface area contributed by atoms with Gasteiger partial charge in [-0.3, -0.25) is 0 Å². The number of aromatic hydroxyl groups is 3. The fourth-order valence-electron chi connectivity index (χ4n) is 2.58. The van der Waals surface area contributed by atoms with Gasteiger partial charge >= 0.3 is 0 Å². The highest BCUT2D eigenvalue weighted by atomic mass is 16.5. The van der Waals surface area contributed by atoms with Crippen LogP contribution in [0, 0.1) is 0 Å². The van der Waals surface area contributed by atoms with Gasteiger partial charge < -0.3 is 29.5 Å². The van der Waals surface area contributed by atoms with Crippen LogP contribution < -0.4 is 14.2 Å². The van der Waals surface area contributed by atoms with Crippen LogP contribution >= 0.6 is 0 Å². The Morgan fingerprint density at radius 2 is 1.33 bits per heavy atom. The molecule has 2 rings (SSSR count). The van der Waals surface area contributed by atoms with E-state index in [1.54, 1.807) is 31.4 Å². The van der Waals surface area contributed by atoms with E-state index in [1.165, 1.54) is 14.2 Å². The molecule has 0 amide bonds. The molecule has 24 heavy (non-hydrogen) atoms. The molecule has 0 saturated heterocycles. The zero-order chi connectivity index (χ0) is 17.7. The minimum atomic E-state index is -0.255. The van der Waals surface area contributed by atoms with Crippen molar-refractivity contribution in [2.24, 2.45) is 0 Å². The summed E-state index contributed by atoms with van der Waals surface area (Å²) in [5, 5.41) is 29.7. The Balaban J connectivity index is 2.10. The lowest BCUT2D eigenvalue weighted by Crippen LogP contribution is -1.97. The largest absolute Gasteiger partial charge is 0.504 e. The van der Waals surface area contributed by atoms with Crippen LogP contribution in [-0.2, 0) is 12.8 Å². The highest BCUT2D eigenvalue weighted by Crippen LogP contribution is 2.39. The number of rotatable bonds is 7. The Kier molecular flexibility index (Phi) is 5.63. The predicted octanol–water partition coefficient (Wildman–Crippen LogP) is 3.00. The predicted molar refractivity (Wildman–Crippen MR) is 89.6 cm³/mol. The molecule has 0 radical (unpaired) electrons. The minimum absolute atomic E-state index is 0.0539. The maximum atomic E-state index is 10.0. The quantitative estimate of drug-likeness (QED) is 0.675. The van der Waals surface area contributed by atoms with Crippen LogP contribution in [0.1, 0.15) is 17.5 Å². The smallest absolute Gasteiger partial charge is 0.200 e. The van der Waals surface area contributed by atoms with Gasteiger partial charge in [-0.2, -0.15) is 0 Å². The molecule has 0 heterocycles. The van der Waals surface area contributed by atoms with Crippen LogP contribution in [0.25, 0.3) is 0 Å². The molecule has 0 aliphatic rings. The van der Waals surface area contributed by atoms with E-state index in [4.69, 9.17) is 14.2 Å². The molecular formula is C18H22O6. The minimum Gasteiger partial charge on any atom is -0.504 e. The Bertz CT molecular complexity index is 711. The van der Waals surface area contributed by atoms with E-state index in [0.717, 1.165) is 5.56 Å². The third kappa shape index (κ3) is 3.59. The van der Waals surface area contributed by atoms with Gasteiger partial charge in [-0.1, -0.05) is 6.07 Å². The van der Waals surface area contributed by atoms with Crippen molar-refractivity contribution < 1.29 is 29.5 Å². The molecule has 0 atom stereocenters. The number of hydrogen-bond donors (Lipinski definition) is 3. The summed E-state index contributed by atoms with van der Waals surface area (Å²) < 4.78 is 15.3. The van der Waals surface area contributed by atoms with Crippen LogP contribution in [-0.4, -0.2) is 36.6 Å². The maximum absolute atomic E-state index is 10.0. The standard InChI is InChI=1S/C18H22O6/c1-22-14-8-7-11(17(20)18(14)21)5-4-6-12-9-13(19)16(24-3)10-15(12)23-2/h7-10,19-21H,4-6H2,1-3H3. The summed E-state index contributed by atoms with van der Waals surface area (Å²) >= 11 is 0. The van der Waals surface area contributed by atoms with Crippen molar-refractivity contribution in [3.8, 4) is 34.5 Å². The summed E-state index contributed by atoms with van der Waals surface area (Å²) in [5.74, 6) is 0.851. The number of phenolic OH excluding ortho intramolecular Hbond substituents is 3. The van der Waals surface area contributed by atoms with Crippen molar-refractivity contribution in [2.75, 3.05) is 21.3 Å². The summed E-state index contributed by atoms with van der Waals surface area (Å²) in [6.45, 7) is 0. The molecule has 2 aromatic carbocycles. The average Bonchev–Trinajstić information content (AvgIpc) is 2.59. The summed E-state index contributed by atoms with van der Waals surface area (Å²) in [6, 6.07) is 6.59. The van der Waals surface area contributed by atoms with E-state index < -0.39 is 0 Å². The highest BCUT2D eigenvalue weighted by Gasteiger charge is 2.14. The molecule has 0 bridgehead atoms. The Morgan fingerprint density at radius 3 is 1.96 bits per heavy atom. The molecule has 0 aromatic heterocycles. The lowest BCUT2D eigenvalue weighted by Gasteiger charge is -2.13. The van der Waals surface area contributed by atoms with Crippen LogP contribution in [0.4, 0.5) is 0 Å². The third-order valence-corrected chi connectivity index (χ3v) is 3.89. The molecule has 0 unspecified atom stereocenters. The number of methoxy groups -OCH3 is 3. The van der Waals surface area contributed by atoms with Gasteiger partial charge in [-0.05, 0) is 42.5 Å². The molecule has 0 aliphatic heterocycles. The third-order valence-electron chi connectivity index (χ3n) is 3.89. The number of hydrogen-bond acceptors (Lipinski definition) is 6. The molecular weight excluding hydrogens is 312 g/mol. The first-order valence-electron chi connectivity index (χ1n) is 7.53. The topological polar surface area (TPSA) is 88.4 Å². The number of ether oxygens (including phenoxy) is 3. The van der Waals surface area contributed by atoms with Crippen LogP contribution in [0.15, 0.2) is 24.3 Å². The van der Waals surface area contributed by atoms with Crippen LogP contribution in [0.2, 0.25) is 0 Å². The first-order chi connectivity index (χ1) is 11.5. The molecule has 2 aromatic rings. The van der Waals surface area contributed by atoms with Gasteiger partial charge in [0.25, 0.3) is 0 Å². The van der Waals surface area contributed by atoms with Crippen molar-refractivity contribution in [1.29, 1.82) is 0 Å². The summed E-state index contributed by atoms with van der Waals surface area (Å²) in [4.78, 5) is 0. The van der Waals surface area contributed by atoms with Crippen molar-refractivity contribution in [3.05, 3.63) is 35.4 Å². The lowest BCUT2D eigenvalue weighted by molar-refractivity contribution is 0.348. The fourth-order valence-corrected chi connectivity index (χ4v) is 2.58. The van der Waals surface area contributed by atoms with Gasteiger partial charge in [0.2, 0.25) is 5.75 Å². The van der Waals surface area contributed by atoms with Gasteiger partial charge in [0.15, 0.2) is 23.0 Å². The van der Waals surface area contributed by atoms with Gasteiger partial charge in [-0.25, -0.2) is 0 Å². The van der Waals surface area contributed by atoms with Crippen molar-refractivity contribution in [3.63, 3.8) is 0 Å². The first kappa shape index (κ1) is 17.6. The van der Waals surface area contributed by atoms with E-state index in [1.807, 2.05) is 0 Å². The van der Waals surface area contributed by atoms with E-state index in [9.17, 15) is 15.3 Å². The lowest BCUT2D eigenvalue weighted by atomic mass is 10.0. The Morgan fingerprint density at radius 1 is 0.708 bits per heavy atom. The number of phenols is 3. The second-order valence-corrected chi connectivity index (χ2v) is 5.31. The first-order valence-corrected chi connectivity index (χ1v) is 7.53. The molecule has 130 valence electrons. The summed E-state index contributed by atoms with van der Waals surface area (Å²) in [6.07, 6.45) is 1.88. The molecule has 3 N–H and O–H groups in total. The summed E-state index contributed by atoms with van der Waals surface area (Å²) in [7, 11) is 4.46. The second kappa shape index (κ2) is 7.68. The van der Waals surface area contributed by atoms with Crippen LogP contribution in [0.3, 0.4) is 0 Å². The second-order valence-electron chi connectivity index (χ2n) is 5.31. The van der Waals surface area contributed by atoms with Crippen molar-refractivity contribution in [2.45, 2.75) is 19.3 Å².